The number of hydrogen-bond donors (Lipinski definition) is 1. The first-order chi connectivity index (χ1) is 16.5. The minimum Gasteiger partial charge on any atom is -0.490 e. The van der Waals surface area contributed by atoms with Crippen LogP contribution >= 0.6 is 0 Å². The number of fused-ring (bicyclic) bond motifs is 2. The van der Waals surface area contributed by atoms with Crippen LogP contribution in [0, 0.1) is 0 Å². The third kappa shape index (κ3) is 4.24. The van der Waals surface area contributed by atoms with Crippen molar-refractivity contribution >= 4 is 23.2 Å². The van der Waals surface area contributed by atoms with E-state index in [-0.39, 0.29) is 17.1 Å². The van der Waals surface area contributed by atoms with Crippen molar-refractivity contribution in [3.05, 3.63) is 82.4 Å². The van der Waals surface area contributed by atoms with E-state index >= 15 is 0 Å². The van der Waals surface area contributed by atoms with Gasteiger partial charge in [0, 0.05) is 33.5 Å². The maximum atomic E-state index is 13.1. The summed E-state index contributed by atoms with van der Waals surface area (Å²) in [5.41, 5.74) is 2.03. The molecule has 0 saturated heterocycles. The fraction of sp³-hybridized carbons (Fsp3) is 0.222. The first-order valence-electron chi connectivity index (χ1n) is 11.2. The highest BCUT2D eigenvalue weighted by Gasteiger charge is 2.29. The van der Waals surface area contributed by atoms with Crippen molar-refractivity contribution < 1.29 is 28.6 Å². The molecule has 0 saturated carbocycles. The number of amides is 1. The molecule has 7 heteroatoms. The van der Waals surface area contributed by atoms with Gasteiger partial charge in [-0.2, -0.15) is 0 Å². The maximum Gasteiger partial charge on any atom is 0.255 e. The van der Waals surface area contributed by atoms with Crippen molar-refractivity contribution in [2.24, 2.45) is 0 Å². The molecule has 0 heterocycles. The molecule has 174 valence electrons. The van der Waals surface area contributed by atoms with Gasteiger partial charge in [0.2, 0.25) is 5.75 Å². The number of ketones is 2. The second-order valence-electron chi connectivity index (χ2n) is 7.52. The van der Waals surface area contributed by atoms with Gasteiger partial charge in [-0.15, -0.1) is 0 Å². The van der Waals surface area contributed by atoms with Gasteiger partial charge in [-0.3, -0.25) is 14.4 Å². The number of carbonyl (C=O) groups excluding carboxylic acids is 3. The van der Waals surface area contributed by atoms with E-state index < -0.39 is 5.91 Å². The Morgan fingerprint density at radius 1 is 0.706 bits per heavy atom. The maximum absolute atomic E-state index is 13.1. The van der Waals surface area contributed by atoms with Gasteiger partial charge in [0.15, 0.2) is 23.1 Å². The molecule has 1 N–H and O–H groups in total. The van der Waals surface area contributed by atoms with Crippen LogP contribution in [0.25, 0.3) is 0 Å². The molecule has 1 amide bonds. The van der Waals surface area contributed by atoms with Crippen molar-refractivity contribution in [1.82, 2.24) is 0 Å². The van der Waals surface area contributed by atoms with Gasteiger partial charge in [-0.05, 0) is 51.1 Å². The summed E-state index contributed by atoms with van der Waals surface area (Å²) in [5.74, 6) is 0.377. The van der Waals surface area contributed by atoms with Gasteiger partial charge in [0.05, 0.1) is 19.8 Å². The average molecular weight is 459 g/mol. The van der Waals surface area contributed by atoms with Crippen LogP contribution in [-0.2, 0) is 0 Å². The Balaban J connectivity index is 1.66. The Morgan fingerprint density at radius 3 is 1.79 bits per heavy atom. The van der Waals surface area contributed by atoms with Crippen LogP contribution in [0.2, 0.25) is 0 Å². The number of anilines is 1. The molecule has 34 heavy (non-hydrogen) atoms. The molecule has 3 aromatic carbocycles. The van der Waals surface area contributed by atoms with Crippen LogP contribution in [0.15, 0.2) is 54.6 Å². The smallest absolute Gasteiger partial charge is 0.255 e. The van der Waals surface area contributed by atoms with Gasteiger partial charge in [-0.1, -0.05) is 24.3 Å². The highest BCUT2D eigenvalue weighted by Crippen LogP contribution is 2.39. The zero-order chi connectivity index (χ0) is 24.2. The number of benzene rings is 3. The Bertz CT molecular complexity index is 1250. The number of nitrogens with one attached hydrogen (secondary N) is 1. The van der Waals surface area contributed by atoms with Gasteiger partial charge in [-0.25, -0.2) is 0 Å². The van der Waals surface area contributed by atoms with E-state index in [2.05, 4.69) is 5.32 Å². The first kappa shape index (κ1) is 23.0. The van der Waals surface area contributed by atoms with Crippen molar-refractivity contribution in [2.75, 3.05) is 25.1 Å². The molecule has 4 rings (SSSR count). The lowest BCUT2D eigenvalue weighted by molar-refractivity contribution is 0.0979. The second-order valence-corrected chi connectivity index (χ2v) is 7.52. The third-order valence-corrected chi connectivity index (χ3v) is 5.35. The van der Waals surface area contributed by atoms with Crippen molar-refractivity contribution in [3.63, 3.8) is 0 Å². The lowest BCUT2D eigenvalue weighted by atomic mass is 9.84. The molecule has 3 aromatic rings. The average Bonchev–Trinajstić information content (AvgIpc) is 2.84. The minimum absolute atomic E-state index is 0.211. The molecule has 0 spiro atoms. The van der Waals surface area contributed by atoms with Gasteiger partial charge in [0.1, 0.15) is 0 Å². The van der Waals surface area contributed by atoms with E-state index in [9.17, 15) is 14.4 Å². The lowest BCUT2D eigenvalue weighted by Gasteiger charge is -2.19. The van der Waals surface area contributed by atoms with Crippen LogP contribution in [0.5, 0.6) is 17.2 Å². The van der Waals surface area contributed by atoms with Gasteiger partial charge in [0.25, 0.3) is 5.91 Å². The molecule has 1 aliphatic rings. The largest absolute Gasteiger partial charge is 0.490 e. The van der Waals surface area contributed by atoms with E-state index in [0.29, 0.717) is 65.0 Å². The predicted molar refractivity (Wildman–Crippen MR) is 128 cm³/mol. The summed E-state index contributed by atoms with van der Waals surface area (Å²) in [7, 11) is 0. The Kier molecular flexibility index (Phi) is 6.63. The highest BCUT2D eigenvalue weighted by atomic mass is 16.5. The minimum atomic E-state index is -0.417. The van der Waals surface area contributed by atoms with Gasteiger partial charge < -0.3 is 19.5 Å². The fourth-order valence-corrected chi connectivity index (χ4v) is 3.90. The third-order valence-electron chi connectivity index (χ3n) is 5.35. The number of carbonyl (C=O) groups is 3. The number of rotatable bonds is 8. The Hall–Kier alpha value is -4.13. The summed E-state index contributed by atoms with van der Waals surface area (Å²) >= 11 is 0. The standard InChI is InChI=1S/C27H25NO6/c1-4-32-22-13-16(14-23(33-5-2)26(22)34-6-3)27(31)28-17-11-12-20-21(15-17)25(30)19-10-8-7-9-18(19)24(20)29/h7-15H,4-6H2,1-3H3,(H,28,31). The lowest BCUT2D eigenvalue weighted by Crippen LogP contribution is -2.21. The summed E-state index contributed by atoms with van der Waals surface area (Å²) in [6.45, 7) is 6.72. The van der Waals surface area contributed by atoms with Crippen molar-refractivity contribution in [1.29, 1.82) is 0 Å². The molecule has 0 radical (unpaired) electrons. The Labute approximate surface area is 197 Å². The predicted octanol–water partition coefficient (Wildman–Crippen LogP) is 4.91. The molecule has 0 fully saturated rings. The topological polar surface area (TPSA) is 90.9 Å². The van der Waals surface area contributed by atoms with E-state index in [1.54, 1.807) is 48.5 Å². The van der Waals surface area contributed by atoms with Crippen LogP contribution in [0.4, 0.5) is 5.69 Å². The summed E-state index contributed by atoms with van der Waals surface area (Å²) in [6.07, 6.45) is 0. The molecule has 0 aliphatic heterocycles. The zero-order valence-corrected chi connectivity index (χ0v) is 19.3. The highest BCUT2D eigenvalue weighted by molar-refractivity contribution is 6.28. The molecule has 0 aromatic heterocycles. The number of hydrogen-bond acceptors (Lipinski definition) is 6. The summed E-state index contributed by atoms with van der Waals surface area (Å²) < 4.78 is 17.1. The van der Waals surface area contributed by atoms with E-state index in [1.165, 1.54) is 6.07 Å². The molecular formula is C27H25NO6. The zero-order valence-electron chi connectivity index (χ0n) is 19.3. The monoisotopic (exact) mass is 459 g/mol. The van der Waals surface area contributed by atoms with Crippen LogP contribution in [0.1, 0.15) is 63.0 Å². The van der Waals surface area contributed by atoms with E-state index in [0.717, 1.165) is 0 Å². The summed E-state index contributed by atoms with van der Waals surface area (Å²) in [5, 5.41) is 2.80. The van der Waals surface area contributed by atoms with Crippen molar-refractivity contribution in [3.8, 4) is 17.2 Å². The molecule has 0 bridgehead atoms. The molecule has 1 aliphatic carbocycles. The summed E-state index contributed by atoms with van der Waals surface area (Å²) in [6, 6.07) is 14.6. The van der Waals surface area contributed by atoms with Crippen LogP contribution < -0.4 is 19.5 Å². The second kappa shape index (κ2) is 9.79. The quantitative estimate of drug-likeness (QED) is 0.403. The van der Waals surface area contributed by atoms with Crippen molar-refractivity contribution in [2.45, 2.75) is 20.8 Å². The SMILES string of the molecule is CCOc1cc(C(=O)Nc2ccc3c(c2)C(=O)c2ccccc2C3=O)cc(OCC)c1OCC. The molecular weight excluding hydrogens is 434 g/mol. The number of ether oxygens (including phenoxy) is 3. The van der Waals surface area contributed by atoms with Gasteiger partial charge >= 0.3 is 0 Å². The Morgan fingerprint density at radius 2 is 1.24 bits per heavy atom. The van der Waals surface area contributed by atoms with E-state index in [4.69, 9.17) is 14.2 Å². The summed E-state index contributed by atoms with van der Waals surface area (Å²) in [4.78, 5) is 38.9. The van der Waals surface area contributed by atoms with E-state index in [1.807, 2.05) is 20.8 Å². The first-order valence-corrected chi connectivity index (χ1v) is 11.2. The van der Waals surface area contributed by atoms with Crippen LogP contribution in [0.3, 0.4) is 0 Å². The normalized spacial score (nSPS) is 12.0. The molecule has 0 unspecified atom stereocenters. The molecule has 0 atom stereocenters. The van der Waals surface area contributed by atoms with Crippen LogP contribution in [-0.4, -0.2) is 37.3 Å². The molecule has 7 nitrogen and oxygen atoms in total. The fourth-order valence-electron chi connectivity index (χ4n) is 3.90.